The number of hydrogen-bond donors (Lipinski definition) is 3. The maximum absolute atomic E-state index is 11.7. The van der Waals surface area contributed by atoms with E-state index in [1.54, 1.807) is 0 Å². The molecule has 0 saturated carbocycles. The quantitative estimate of drug-likeness (QED) is 0.633. The number of hydrogen-bond acceptors (Lipinski definition) is 4. The van der Waals surface area contributed by atoms with Gasteiger partial charge in [-0.05, 0) is 18.2 Å². The Morgan fingerprint density at radius 3 is 2.81 bits per heavy atom. The van der Waals surface area contributed by atoms with Crippen LogP contribution in [0.2, 0.25) is 0 Å². The van der Waals surface area contributed by atoms with Crippen molar-refractivity contribution in [3.63, 3.8) is 0 Å². The Morgan fingerprint density at radius 1 is 1.56 bits per heavy atom. The minimum absolute atomic E-state index is 0.202. The van der Waals surface area contributed by atoms with Gasteiger partial charge in [-0.1, -0.05) is 6.07 Å². The maximum atomic E-state index is 11.7. The molecule has 0 atom stereocenters. The summed E-state index contributed by atoms with van der Waals surface area (Å²) in [5, 5.41) is 28.8. The van der Waals surface area contributed by atoms with Gasteiger partial charge in [-0.25, -0.2) is 0 Å². The normalized spacial score (nSPS) is 9.88. The Balaban J connectivity index is 2.85. The van der Waals surface area contributed by atoms with Crippen molar-refractivity contribution in [2.75, 3.05) is 13.2 Å². The van der Waals surface area contributed by atoms with E-state index < -0.39 is 11.9 Å². The Bertz CT molecular complexity index is 408. The number of amides is 1. The first-order chi connectivity index (χ1) is 7.72. The lowest BCUT2D eigenvalue weighted by molar-refractivity contribution is 0.0879. The predicted molar refractivity (Wildman–Crippen MR) is 55.4 cm³/mol. The molecule has 83 valence electrons. The summed E-state index contributed by atoms with van der Waals surface area (Å²) in [5.74, 6) is -0.501. The highest BCUT2D eigenvalue weighted by molar-refractivity contribution is 5.96. The van der Waals surface area contributed by atoms with Gasteiger partial charge in [0.15, 0.2) is 0 Å². The van der Waals surface area contributed by atoms with E-state index in [0.717, 1.165) is 0 Å². The zero-order valence-electron chi connectivity index (χ0n) is 8.47. The number of carbonyl (C=O) groups is 1. The third kappa shape index (κ3) is 2.79. The molecule has 0 spiro atoms. The van der Waals surface area contributed by atoms with Gasteiger partial charge in [0.25, 0.3) is 5.91 Å². The van der Waals surface area contributed by atoms with Gasteiger partial charge in [0, 0.05) is 0 Å². The minimum atomic E-state index is -0.719. The number of benzene rings is 1. The fourth-order valence-electron chi connectivity index (χ4n) is 1.13. The van der Waals surface area contributed by atoms with Crippen molar-refractivity contribution in [1.82, 2.24) is 5.32 Å². The van der Waals surface area contributed by atoms with Gasteiger partial charge in [-0.3, -0.25) is 4.79 Å². The van der Waals surface area contributed by atoms with E-state index in [9.17, 15) is 4.79 Å². The second-order valence-corrected chi connectivity index (χ2v) is 3.12. The van der Waals surface area contributed by atoms with Crippen molar-refractivity contribution < 1.29 is 15.0 Å². The van der Waals surface area contributed by atoms with Crippen molar-refractivity contribution in [3.8, 4) is 6.07 Å². The Hall–Kier alpha value is -1.90. The molecule has 0 saturated heterocycles. The van der Waals surface area contributed by atoms with E-state index in [2.05, 4.69) is 11.4 Å². The molecule has 0 aromatic heterocycles. The van der Waals surface area contributed by atoms with Crippen LogP contribution in [0.15, 0.2) is 18.2 Å². The van der Waals surface area contributed by atoms with Gasteiger partial charge in [0.05, 0.1) is 36.5 Å². The standard InChI is InChI=1S/C11H11N2O3/c12-5-8-3-1-2-4-10(8)11(16)13-9(6-14)7-15/h2-4,9,14-15H,6-7H2,(H,13,16). The molecular weight excluding hydrogens is 208 g/mol. The van der Waals surface area contributed by atoms with Crippen molar-refractivity contribution in [1.29, 1.82) is 5.26 Å². The smallest absolute Gasteiger partial charge is 0.253 e. The molecule has 1 amide bonds. The van der Waals surface area contributed by atoms with E-state index in [-0.39, 0.29) is 24.3 Å². The molecular formula is C11H11N2O3. The summed E-state index contributed by atoms with van der Waals surface area (Å²) in [5.41, 5.74) is 0.405. The molecule has 0 unspecified atom stereocenters. The van der Waals surface area contributed by atoms with Crippen LogP contribution in [-0.4, -0.2) is 35.4 Å². The molecule has 0 fully saturated rings. The Labute approximate surface area is 92.9 Å². The third-order valence-corrected chi connectivity index (χ3v) is 2.01. The molecule has 0 aliphatic carbocycles. The van der Waals surface area contributed by atoms with Crippen LogP contribution in [0.3, 0.4) is 0 Å². The first-order valence-corrected chi connectivity index (χ1v) is 4.65. The van der Waals surface area contributed by atoms with Crippen LogP contribution in [0, 0.1) is 17.4 Å². The molecule has 5 nitrogen and oxygen atoms in total. The van der Waals surface area contributed by atoms with E-state index in [4.69, 9.17) is 15.5 Å². The Morgan fingerprint density at radius 2 is 2.25 bits per heavy atom. The summed E-state index contributed by atoms with van der Waals surface area (Å²) >= 11 is 0. The number of rotatable bonds is 4. The number of nitrogens with one attached hydrogen (secondary N) is 1. The van der Waals surface area contributed by atoms with Gasteiger partial charge < -0.3 is 15.5 Å². The first-order valence-electron chi connectivity index (χ1n) is 4.65. The summed E-state index contributed by atoms with van der Waals surface area (Å²) in [4.78, 5) is 11.7. The van der Waals surface area contributed by atoms with Gasteiger partial charge >= 0.3 is 0 Å². The number of nitrogens with zero attached hydrogens (tertiary/aromatic N) is 1. The van der Waals surface area contributed by atoms with Crippen molar-refractivity contribution in [2.45, 2.75) is 6.04 Å². The van der Waals surface area contributed by atoms with Crippen LogP contribution in [0.5, 0.6) is 0 Å². The number of aliphatic hydroxyl groups is 2. The number of aliphatic hydroxyl groups excluding tert-OH is 2. The lowest BCUT2D eigenvalue weighted by atomic mass is 10.1. The number of carbonyl (C=O) groups excluding carboxylic acids is 1. The predicted octanol–water partition coefficient (Wildman–Crippen LogP) is -0.559. The lowest BCUT2D eigenvalue weighted by Gasteiger charge is -2.13. The highest BCUT2D eigenvalue weighted by Gasteiger charge is 2.14. The molecule has 5 heteroatoms. The van der Waals surface area contributed by atoms with Crippen LogP contribution in [-0.2, 0) is 0 Å². The van der Waals surface area contributed by atoms with Gasteiger partial charge in [-0.2, -0.15) is 5.26 Å². The third-order valence-electron chi connectivity index (χ3n) is 2.01. The summed E-state index contributed by atoms with van der Waals surface area (Å²) in [6, 6.07) is 8.22. The van der Waals surface area contributed by atoms with E-state index in [1.807, 2.05) is 6.07 Å². The first kappa shape index (κ1) is 12.2. The highest BCUT2D eigenvalue weighted by atomic mass is 16.3. The molecule has 0 bridgehead atoms. The average molecular weight is 219 g/mol. The Kier molecular flexibility index (Phi) is 4.45. The zero-order chi connectivity index (χ0) is 12.0. The second-order valence-electron chi connectivity index (χ2n) is 3.12. The van der Waals surface area contributed by atoms with E-state index in [0.29, 0.717) is 0 Å². The number of nitriles is 1. The van der Waals surface area contributed by atoms with E-state index >= 15 is 0 Å². The fraction of sp³-hybridized carbons (Fsp3) is 0.273. The van der Waals surface area contributed by atoms with Crippen molar-refractivity contribution >= 4 is 5.91 Å². The summed E-state index contributed by atoms with van der Waals surface area (Å²) < 4.78 is 0. The molecule has 3 N–H and O–H groups in total. The lowest BCUT2D eigenvalue weighted by Crippen LogP contribution is -2.40. The second kappa shape index (κ2) is 5.85. The van der Waals surface area contributed by atoms with Gasteiger partial charge in [-0.15, -0.1) is 0 Å². The van der Waals surface area contributed by atoms with Gasteiger partial charge in [0.2, 0.25) is 0 Å². The minimum Gasteiger partial charge on any atom is -0.394 e. The van der Waals surface area contributed by atoms with Crippen LogP contribution in [0.25, 0.3) is 0 Å². The van der Waals surface area contributed by atoms with Crippen LogP contribution in [0.1, 0.15) is 15.9 Å². The molecule has 1 radical (unpaired) electrons. The topological polar surface area (TPSA) is 93.4 Å². The summed E-state index contributed by atoms with van der Waals surface area (Å²) in [7, 11) is 0. The summed E-state index contributed by atoms with van der Waals surface area (Å²) in [6.07, 6.45) is 0. The average Bonchev–Trinajstić information content (AvgIpc) is 2.35. The van der Waals surface area contributed by atoms with Crippen LogP contribution >= 0.6 is 0 Å². The molecule has 0 aliphatic rings. The highest BCUT2D eigenvalue weighted by Crippen LogP contribution is 2.06. The molecule has 1 aromatic rings. The van der Waals surface area contributed by atoms with Crippen LogP contribution < -0.4 is 5.32 Å². The SMILES string of the molecule is N#Cc1c[c]ccc1C(=O)NC(CO)CO. The largest absolute Gasteiger partial charge is 0.394 e. The van der Waals surface area contributed by atoms with E-state index in [1.165, 1.54) is 18.2 Å². The van der Waals surface area contributed by atoms with Crippen molar-refractivity contribution in [3.05, 3.63) is 35.4 Å². The zero-order valence-corrected chi connectivity index (χ0v) is 8.47. The fourth-order valence-corrected chi connectivity index (χ4v) is 1.13. The monoisotopic (exact) mass is 219 g/mol. The molecule has 0 heterocycles. The maximum Gasteiger partial charge on any atom is 0.253 e. The molecule has 1 aromatic carbocycles. The van der Waals surface area contributed by atoms with Crippen LogP contribution in [0.4, 0.5) is 0 Å². The molecule has 0 aliphatic heterocycles. The summed E-state index contributed by atoms with van der Waals surface area (Å²) in [6.45, 7) is -0.716. The molecule has 1 rings (SSSR count). The van der Waals surface area contributed by atoms with Crippen molar-refractivity contribution in [2.24, 2.45) is 0 Å². The van der Waals surface area contributed by atoms with Gasteiger partial charge in [0.1, 0.15) is 0 Å². The molecule has 16 heavy (non-hydrogen) atoms.